The Morgan fingerprint density at radius 2 is 1.71 bits per heavy atom. The fourth-order valence-electron chi connectivity index (χ4n) is 3.99. The molecule has 0 N–H and O–H groups in total. The zero-order valence-electron chi connectivity index (χ0n) is 15.1. The molecule has 148 valence electrons. The van der Waals surface area contributed by atoms with Gasteiger partial charge in [0.25, 0.3) is 0 Å². The number of hydrogen-bond donors (Lipinski definition) is 0. The van der Waals surface area contributed by atoms with E-state index < -0.39 is 27.7 Å². The Balaban J connectivity index is 1.58. The molecule has 2 aliphatic heterocycles. The highest BCUT2D eigenvalue weighted by Gasteiger charge is 2.56. The lowest BCUT2D eigenvalue weighted by Crippen LogP contribution is -2.39. The van der Waals surface area contributed by atoms with E-state index >= 15 is 0 Å². The number of nitrogens with zero attached hydrogens (tertiary/aromatic N) is 2. The molecule has 2 aromatic rings. The van der Waals surface area contributed by atoms with Gasteiger partial charge < -0.3 is 0 Å². The normalized spacial score (nSPS) is 24.0. The van der Waals surface area contributed by atoms with E-state index in [1.165, 1.54) is 28.4 Å². The predicted octanol–water partition coefficient (Wildman–Crippen LogP) is 2.64. The standard InChI is InChI=1S/C19H19FN2O4S2/c1-2-16(17-4-3-9-27-17)22-18(23)14-10-21(11-15(14)19(22)24)28(25,26)13-7-5-12(20)6-8-13/h3-9,14-16H,2,10-11H2,1H3/t14-,15+,16?. The van der Waals surface area contributed by atoms with Crippen LogP contribution in [0.25, 0.3) is 0 Å². The molecule has 4 rings (SSSR count). The third-order valence-electron chi connectivity index (χ3n) is 5.42. The molecule has 3 heterocycles. The van der Waals surface area contributed by atoms with Crippen LogP contribution in [-0.4, -0.2) is 42.5 Å². The summed E-state index contributed by atoms with van der Waals surface area (Å²) in [6, 6.07) is 8.01. The molecule has 28 heavy (non-hydrogen) atoms. The van der Waals surface area contributed by atoms with Crippen LogP contribution in [0.15, 0.2) is 46.7 Å². The third-order valence-corrected chi connectivity index (χ3v) is 8.24. The van der Waals surface area contributed by atoms with Crippen LogP contribution in [0.4, 0.5) is 4.39 Å². The molecule has 0 bridgehead atoms. The number of carbonyl (C=O) groups is 2. The second-order valence-corrected chi connectivity index (χ2v) is 9.89. The summed E-state index contributed by atoms with van der Waals surface area (Å²) in [4.78, 5) is 28.2. The van der Waals surface area contributed by atoms with Crippen LogP contribution in [0.5, 0.6) is 0 Å². The van der Waals surface area contributed by atoms with Gasteiger partial charge in [-0.3, -0.25) is 14.5 Å². The van der Waals surface area contributed by atoms with E-state index in [4.69, 9.17) is 0 Å². The highest BCUT2D eigenvalue weighted by atomic mass is 32.2. The Kier molecular flexibility index (Phi) is 4.84. The molecule has 2 fully saturated rings. The molecule has 0 radical (unpaired) electrons. The molecule has 1 unspecified atom stereocenters. The first-order chi connectivity index (χ1) is 13.3. The van der Waals surface area contributed by atoms with Crippen molar-refractivity contribution in [2.24, 2.45) is 11.8 Å². The van der Waals surface area contributed by atoms with Gasteiger partial charge in [0.2, 0.25) is 21.8 Å². The van der Waals surface area contributed by atoms with Crippen LogP contribution in [0.1, 0.15) is 24.3 Å². The van der Waals surface area contributed by atoms with E-state index in [1.807, 2.05) is 24.4 Å². The van der Waals surface area contributed by atoms with Crippen LogP contribution >= 0.6 is 11.3 Å². The summed E-state index contributed by atoms with van der Waals surface area (Å²) in [7, 11) is -3.89. The maximum atomic E-state index is 13.1. The Morgan fingerprint density at radius 1 is 1.11 bits per heavy atom. The molecule has 2 amide bonds. The smallest absolute Gasteiger partial charge is 0.243 e. The van der Waals surface area contributed by atoms with Gasteiger partial charge in [0.05, 0.1) is 22.8 Å². The monoisotopic (exact) mass is 422 g/mol. The number of likely N-dealkylation sites (tertiary alicyclic amines) is 1. The minimum Gasteiger partial charge on any atom is -0.274 e. The first-order valence-electron chi connectivity index (χ1n) is 9.00. The summed E-state index contributed by atoms with van der Waals surface area (Å²) in [6.07, 6.45) is 0.606. The van der Waals surface area contributed by atoms with Gasteiger partial charge in [0, 0.05) is 18.0 Å². The zero-order valence-corrected chi connectivity index (χ0v) is 16.7. The highest BCUT2D eigenvalue weighted by molar-refractivity contribution is 7.89. The Bertz CT molecular complexity index is 981. The fraction of sp³-hybridized carbons (Fsp3) is 0.368. The number of rotatable bonds is 5. The minimum atomic E-state index is -3.89. The number of fused-ring (bicyclic) bond motifs is 1. The molecule has 1 aromatic carbocycles. The van der Waals surface area contributed by atoms with E-state index in [0.29, 0.717) is 6.42 Å². The molecule has 1 aromatic heterocycles. The first-order valence-corrected chi connectivity index (χ1v) is 11.3. The van der Waals surface area contributed by atoms with Gasteiger partial charge in [0.1, 0.15) is 5.82 Å². The Morgan fingerprint density at radius 3 is 2.21 bits per heavy atom. The molecule has 2 aliphatic rings. The molecule has 9 heteroatoms. The van der Waals surface area contributed by atoms with Gasteiger partial charge in [-0.1, -0.05) is 13.0 Å². The molecule has 6 nitrogen and oxygen atoms in total. The minimum absolute atomic E-state index is 0.0354. The summed E-state index contributed by atoms with van der Waals surface area (Å²) in [5.74, 6) is -2.50. The average Bonchev–Trinajstić information content (AvgIpc) is 3.39. The van der Waals surface area contributed by atoms with Crippen molar-refractivity contribution in [3.05, 3.63) is 52.5 Å². The van der Waals surface area contributed by atoms with E-state index in [9.17, 15) is 22.4 Å². The molecule has 3 atom stereocenters. The van der Waals surface area contributed by atoms with Gasteiger partial charge in [0.15, 0.2) is 0 Å². The first kappa shape index (κ1) is 19.2. The van der Waals surface area contributed by atoms with Crippen LogP contribution < -0.4 is 0 Å². The van der Waals surface area contributed by atoms with E-state index in [-0.39, 0.29) is 35.8 Å². The van der Waals surface area contributed by atoms with Crippen molar-refractivity contribution in [2.45, 2.75) is 24.3 Å². The molecule has 0 aliphatic carbocycles. The lowest BCUT2D eigenvalue weighted by atomic mass is 10.00. The maximum Gasteiger partial charge on any atom is 0.243 e. The van der Waals surface area contributed by atoms with Crippen LogP contribution in [0.2, 0.25) is 0 Å². The lowest BCUT2D eigenvalue weighted by molar-refractivity contribution is -0.143. The van der Waals surface area contributed by atoms with E-state index in [1.54, 1.807) is 0 Å². The van der Waals surface area contributed by atoms with Crippen molar-refractivity contribution >= 4 is 33.2 Å². The number of amides is 2. The van der Waals surface area contributed by atoms with Gasteiger partial charge in [-0.25, -0.2) is 12.8 Å². The number of sulfonamides is 1. The number of halogens is 1. The quantitative estimate of drug-likeness (QED) is 0.695. The highest BCUT2D eigenvalue weighted by Crippen LogP contribution is 2.41. The number of thiophene rings is 1. The number of imide groups is 1. The van der Waals surface area contributed by atoms with Crippen LogP contribution in [0.3, 0.4) is 0 Å². The third kappa shape index (κ3) is 2.98. The maximum absolute atomic E-state index is 13.1. The van der Waals surface area contributed by atoms with E-state index in [0.717, 1.165) is 21.3 Å². The average molecular weight is 423 g/mol. The lowest BCUT2D eigenvalue weighted by Gasteiger charge is -2.26. The van der Waals surface area contributed by atoms with Crippen LogP contribution in [0, 0.1) is 17.7 Å². The summed E-state index contributed by atoms with van der Waals surface area (Å²) >= 11 is 1.49. The van der Waals surface area contributed by atoms with Crippen molar-refractivity contribution in [2.75, 3.05) is 13.1 Å². The van der Waals surface area contributed by atoms with Crippen molar-refractivity contribution in [1.29, 1.82) is 0 Å². The van der Waals surface area contributed by atoms with Gasteiger partial charge in [-0.2, -0.15) is 4.31 Å². The topological polar surface area (TPSA) is 74.8 Å². The summed E-state index contributed by atoms with van der Waals surface area (Å²) in [6.45, 7) is 1.85. The van der Waals surface area contributed by atoms with Crippen molar-refractivity contribution < 1.29 is 22.4 Å². The number of benzene rings is 1. The number of hydrogen-bond acceptors (Lipinski definition) is 5. The van der Waals surface area contributed by atoms with Gasteiger partial charge in [-0.05, 0) is 42.1 Å². The summed E-state index contributed by atoms with van der Waals surface area (Å²) < 4.78 is 39.9. The van der Waals surface area contributed by atoms with E-state index in [2.05, 4.69) is 0 Å². The summed E-state index contributed by atoms with van der Waals surface area (Å²) in [5.41, 5.74) is 0. The molecular weight excluding hydrogens is 403 g/mol. The second-order valence-electron chi connectivity index (χ2n) is 6.97. The SMILES string of the molecule is CCC(c1cccs1)N1C(=O)[C@H]2CN(S(=O)(=O)c3ccc(F)cc3)C[C@H]2C1=O. The Hall–Kier alpha value is -2.10. The van der Waals surface area contributed by atoms with Crippen molar-refractivity contribution in [3.8, 4) is 0 Å². The summed E-state index contributed by atoms with van der Waals surface area (Å²) in [5, 5.41) is 1.90. The second kappa shape index (κ2) is 7.06. The van der Waals surface area contributed by atoms with Gasteiger partial charge >= 0.3 is 0 Å². The van der Waals surface area contributed by atoms with Crippen LogP contribution in [-0.2, 0) is 19.6 Å². The fourth-order valence-corrected chi connectivity index (χ4v) is 6.38. The molecular formula is C19H19FN2O4S2. The van der Waals surface area contributed by atoms with Crippen molar-refractivity contribution in [1.82, 2.24) is 9.21 Å². The number of carbonyl (C=O) groups excluding carboxylic acids is 2. The van der Waals surface area contributed by atoms with Gasteiger partial charge in [-0.15, -0.1) is 11.3 Å². The molecule has 0 spiro atoms. The molecule has 0 saturated carbocycles. The molecule has 2 saturated heterocycles. The van der Waals surface area contributed by atoms with Crippen molar-refractivity contribution in [3.63, 3.8) is 0 Å². The predicted molar refractivity (Wildman–Crippen MR) is 101 cm³/mol. The Labute approximate surface area is 166 Å². The largest absolute Gasteiger partial charge is 0.274 e. The zero-order chi connectivity index (χ0) is 20.1.